The van der Waals surface area contributed by atoms with Crippen molar-refractivity contribution in [1.29, 1.82) is 0 Å². The predicted molar refractivity (Wildman–Crippen MR) is 102 cm³/mol. The molecule has 1 aromatic carbocycles. The van der Waals surface area contributed by atoms with Crippen LogP contribution in [-0.2, 0) is 20.8 Å². The third-order valence-corrected chi connectivity index (χ3v) is 3.87. The molecule has 27 heavy (non-hydrogen) atoms. The van der Waals surface area contributed by atoms with Crippen molar-refractivity contribution in [3.8, 4) is 0 Å². The third kappa shape index (κ3) is 11.7. The number of carboxylic acid groups (broad SMARTS) is 3. The SMILES string of the molecule is CCCC[C@H](N)C(=O)O.C[C@@H](N[C@@H](CCc1ccccc1)C(=O)O)C(=O)O. The molecule has 0 bridgehead atoms. The van der Waals surface area contributed by atoms with Crippen LogP contribution in [0.25, 0.3) is 0 Å². The topological polar surface area (TPSA) is 150 Å². The minimum atomic E-state index is -1.05. The summed E-state index contributed by atoms with van der Waals surface area (Å²) >= 11 is 0. The van der Waals surface area contributed by atoms with Gasteiger partial charge >= 0.3 is 17.9 Å². The summed E-state index contributed by atoms with van der Waals surface area (Å²) in [5, 5.41) is 28.6. The lowest BCUT2D eigenvalue weighted by atomic mass is 10.0. The van der Waals surface area contributed by atoms with Crippen molar-refractivity contribution in [2.45, 2.75) is 64.1 Å². The van der Waals surface area contributed by atoms with Gasteiger partial charge in [0.05, 0.1) is 0 Å². The number of nitrogens with two attached hydrogens (primary N) is 1. The van der Waals surface area contributed by atoms with Gasteiger partial charge in [-0.3, -0.25) is 19.7 Å². The van der Waals surface area contributed by atoms with Gasteiger partial charge in [0.15, 0.2) is 0 Å². The number of rotatable bonds is 11. The van der Waals surface area contributed by atoms with Crippen LogP contribution in [0.4, 0.5) is 0 Å². The maximum atomic E-state index is 11.0. The first-order valence-corrected chi connectivity index (χ1v) is 8.93. The molecule has 1 aromatic rings. The third-order valence-electron chi connectivity index (χ3n) is 3.87. The molecule has 6 N–H and O–H groups in total. The second-order valence-corrected chi connectivity index (χ2v) is 6.23. The summed E-state index contributed by atoms with van der Waals surface area (Å²) in [6.07, 6.45) is 3.44. The number of aliphatic carboxylic acids is 3. The Bertz CT molecular complexity index is 579. The highest BCUT2D eigenvalue weighted by atomic mass is 16.4. The van der Waals surface area contributed by atoms with E-state index in [1.54, 1.807) is 0 Å². The monoisotopic (exact) mass is 382 g/mol. The number of carboxylic acids is 3. The van der Waals surface area contributed by atoms with Gasteiger partial charge in [-0.2, -0.15) is 0 Å². The molecule has 0 aromatic heterocycles. The Hall–Kier alpha value is -2.45. The van der Waals surface area contributed by atoms with Crippen LogP contribution in [0.2, 0.25) is 0 Å². The van der Waals surface area contributed by atoms with Crippen LogP contribution in [0.15, 0.2) is 30.3 Å². The number of hydrogen-bond donors (Lipinski definition) is 5. The molecule has 0 spiro atoms. The van der Waals surface area contributed by atoms with Crippen molar-refractivity contribution in [3.05, 3.63) is 35.9 Å². The van der Waals surface area contributed by atoms with Crippen molar-refractivity contribution in [2.75, 3.05) is 0 Å². The lowest BCUT2D eigenvalue weighted by Gasteiger charge is -2.17. The average Bonchev–Trinajstić information content (AvgIpc) is 2.63. The fourth-order valence-corrected chi connectivity index (χ4v) is 2.15. The molecule has 8 nitrogen and oxygen atoms in total. The van der Waals surface area contributed by atoms with Gasteiger partial charge in [-0.25, -0.2) is 0 Å². The summed E-state index contributed by atoms with van der Waals surface area (Å²) < 4.78 is 0. The van der Waals surface area contributed by atoms with Crippen molar-refractivity contribution < 1.29 is 29.7 Å². The van der Waals surface area contributed by atoms with Gasteiger partial charge in [0.25, 0.3) is 0 Å². The number of unbranched alkanes of at least 4 members (excludes halogenated alkanes) is 1. The molecular weight excluding hydrogens is 352 g/mol. The van der Waals surface area contributed by atoms with Crippen LogP contribution in [0.3, 0.4) is 0 Å². The van der Waals surface area contributed by atoms with Crippen LogP contribution in [-0.4, -0.2) is 51.4 Å². The Balaban J connectivity index is 0.000000636. The van der Waals surface area contributed by atoms with Gasteiger partial charge in [0.2, 0.25) is 0 Å². The molecule has 3 atom stereocenters. The zero-order valence-electron chi connectivity index (χ0n) is 15.8. The summed E-state index contributed by atoms with van der Waals surface area (Å²) in [5.41, 5.74) is 6.24. The van der Waals surface area contributed by atoms with Crippen molar-refractivity contribution in [3.63, 3.8) is 0 Å². The Morgan fingerprint density at radius 2 is 1.59 bits per heavy atom. The smallest absolute Gasteiger partial charge is 0.320 e. The minimum Gasteiger partial charge on any atom is -0.480 e. The van der Waals surface area contributed by atoms with E-state index in [-0.39, 0.29) is 0 Å². The normalized spacial score (nSPS) is 13.6. The maximum Gasteiger partial charge on any atom is 0.320 e. The van der Waals surface area contributed by atoms with Crippen LogP contribution < -0.4 is 11.1 Å². The molecule has 0 aliphatic rings. The number of nitrogens with one attached hydrogen (secondary N) is 1. The summed E-state index contributed by atoms with van der Waals surface area (Å²) in [6, 6.07) is 7.11. The van der Waals surface area contributed by atoms with E-state index in [0.29, 0.717) is 19.3 Å². The van der Waals surface area contributed by atoms with Crippen LogP contribution in [0.5, 0.6) is 0 Å². The van der Waals surface area contributed by atoms with Gasteiger partial charge in [0, 0.05) is 0 Å². The molecule has 0 saturated carbocycles. The summed E-state index contributed by atoms with van der Waals surface area (Å²) in [7, 11) is 0. The molecular formula is C19H30N2O6. The van der Waals surface area contributed by atoms with Crippen LogP contribution in [0, 0.1) is 0 Å². The second-order valence-electron chi connectivity index (χ2n) is 6.23. The molecule has 152 valence electrons. The van der Waals surface area contributed by atoms with E-state index in [4.69, 9.17) is 21.1 Å². The highest BCUT2D eigenvalue weighted by Crippen LogP contribution is 2.06. The Morgan fingerprint density at radius 3 is 2.04 bits per heavy atom. The molecule has 1 rings (SSSR count). The zero-order chi connectivity index (χ0) is 20.8. The molecule has 8 heteroatoms. The van der Waals surface area contributed by atoms with E-state index in [1.807, 2.05) is 37.3 Å². The highest BCUT2D eigenvalue weighted by molar-refractivity contribution is 5.77. The lowest BCUT2D eigenvalue weighted by molar-refractivity contribution is -0.142. The van der Waals surface area contributed by atoms with Crippen molar-refractivity contribution in [2.24, 2.45) is 5.73 Å². The van der Waals surface area contributed by atoms with Gasteiger partial charge in [-0.15, -0.1) is 0 Å². The first-order valence-electron chi connectivity index (χ1n) is 8.93. The summed E-state index contributed by atoms with van der Waals surface area (Å²) in [5.74, 6) is -2.98. The number of hydrogen-bond acceptors (Lipinski definition) is 5. The first-order chi connectivity index (χ1) is 12.7. The highest BCUT2D eigenvalue weighted by Gasteiger charge is 2.22. The molecule has 0 amide bonds. The Labute approximate surface area is 159 Å². The van der Waals surface area contributed by atoms with Crippen molar-refractivity contribution >= 4 is 17.9 Å². The fraction of sp³-hybridized carbons (Fsp3) is 0.526. The molecule has 0 aliphatic heterocycles. The van der Waals surface area contributed by atoms with E-state index in [0.717, 1.165) is 18.4 Å². The summed E-state index contributed by atoms with van der Waals surface area (Å²) in [4.78, 5) is 31.8. The van der Waals surface area contributed by atoms with Gasteiger partial charge < -0.3 is 21.1 Å². The summed E-state index contributed by atoms with van der Waals surface area (Å²) in [6.45, 7) is 3.44. The second kappa shape index (κ2) is 13.7. The minimum absolute atomic E-state index is 0.358. The first kappa shape index (κ1) is 24.6. The van der Waals surface area contributed by atoms with Gasteiger partial charge in [-0.1, -0.05) is 50.1 Å². The van der Waals surface area contributed by atoms with Crippen LogP contribution in [0.1, 0.15) is 45.1 Å². The van der Waals surface area contributed by atoms with E-state index in [9.17, 15) is 14.4 Å². The molecule has 0 unspecified atom stereocenters. The zero-order valence-corrected chi connectivity index (χ0v) is 15.8. The van der Waals surface area contributed by atoms with E-state index < -0.39 is 36.0 Å². The van der Waals surface area contributed by atoms with E-state index >= 15 is 0 Å². The predicted octanol–water partition coefficient (Wildman–Crippen LogP) is 1.72. The van der Waals surface area contributed by atoms with Gasteiger partial charge in [-0.05, 0) is 31.7 Å². The molecule has 0 radical (unpaired) electrons. The molecule has 0 fully saturated rings. The van der Waals surface area contributed by atoms with Gasteiger partial charge in [0.1, 0.15) is 18.1 Å². The Morgan fingerprint density at radius 1 is 1.00 bits per heavy atom. The van der Waals surface area contributed by atoms with E-state index in [1.165, 1.54) is 6.92 Å². The largest absolute Gasteiger partial charge is 0.480 e. The molecule has 0 saturated heterocycles. The van der Waals surface area contributed by atoms with Crippen molar-refractivity contribution in [1.82, 2.24) is 5.32 Å². The number of aryl methyl sites for hydroxylation is 1. The molecule has 0 aliphatic carbocycles. The van der Waals surface area contributed by atoms with Crippen LogP contribution >= 0.6 is 0 Å². The van der Waals surface area contributed by atoms with E-state index in [2.05, 4.69) is 5.32 Å². The standard InChI is InChI=1S/C13H17NO4.C6H13NO2/c1-9(12(15)16)14-11(13(17)18)8-7-10-5-3-2-4-6-10;1-2-3-4-5(7)6(8)9/h2-6,9,11,14H,7-8H2,1H3,(H,15,16)(H,17,18);5H,2-4,7H2,1H3,(H,8,9)/t9-,11+;5-/m10/s1. The molecule has 0 heterocycles. The maximum absolute atomic E-state index is 11.0. The number of carbonyl (C=O) groups is 3. The Kier molecular flexibility index (Phi) is 12.5. The quantitative estimate of drug-likeness (QED) is 0.388. The number of benzene rings is 1. The fourth-order valence-electron chi connectivity index (χ4n) is 2.15. The average molecular weight is 382 g/mol. The lowest BCUT2D eigenvalue weighted by Crippen LogP contribution is -2.45.